The van der Waals surface area contributed by atoms with E-state index in [1.807, 2.05) is 13.8 Å². The second-order valence-corrected chi connectivity index (χ2v) is 10.2. The molecule has 11 nitrogen and oxygen atoms in total. The molecule has 0 aromatic carbocycles. The van der Waals surface area contributed by atoms with Gasteiger partial charge in [0.1, 0.15) is 23.9 Å². The second kappa shape index (κ2) is 17.9. The van der Waals surface area contributed by atoms with Crippen molar-refractivity contribution in [3.63, 3.8) is 0 Å². The van der Waals surface area contributed by atoms with Crippen molar-refractivity contribution >= 4 is 54.9 Å². The van der Waals surface area contributed by atoms with Crippen LogP contribution in [-0.4, -0.2) is 64.3 Å². The lowest BCUT2D eigenvalue weighted by Gasteiger charge is -2.27. The molecule has 6 N–H and O–H groups in total. The van der Waals surface area contributed by atoms with Crippen LogP contribution in [-0.2, 0) is 28.7 Å². The van der Waals surface area contributed by atoms with Crippen molar-refractivity contribution in [2.75, 3.05) is 11.5 Å². The Morgan fingerprint density at radius 2 is 1.61 bits per heavy atom. The largest absolute Gasteiger partial charge is 0.457 e. The molecular weight excluding hydrogens is 530 g/mol. The van der Waals surface area contributed by atoms with Gasteiger partial charge in [0.25, 0.3) is 11.8 Å². The predicted molar refractivity (Wildman–Crippen MR) is 153 cm³/mol. The molecule has 0 aliphatic heterocycles. The third-order valence-electron chi connectivity index (χ3n) is 5.76. The highest BCUT2D eigenvalue weighted by atomic mass is 32.1. The topological polar surface area (TPSA) is 174 Å². The maximum atomic E-state index is 13.0. The molecule has 0 fully saturated rings. The minimum atomic E-state index is -1.20. The Bertz CT molecular complexity index is 893. The van der Waals surface area contributed by atoms with Gasteiger partial charge >= 0.3 is 5.97 Å². The normalized spacial score (nSPS) is 15.1. The number of amides is 4. The number of thiol groups is 2. The van der Waals surface area contributed by atoms with Gasteiger partial charge in [-0.3, -0.25) is 24.0 Å². The number of hydrogen-bond acceptors (Lipinski definition) is 9. The number of carbonyl (C=O) groups excluding carboxylic acids is 5. The van der Waals surface area contributed by atoms with Crippen LogP contribution in [0.15, 0.2) is 23.9 Å². The van der Waals surface area contributed by atoms with Crippen LogP contribution in [0.5, 0.6) is 0 Å². The highest BCUT2D eigenvalue weighted by molar-refractivity contribution is 7.80. The number of ether oxygens (including phenoxy) is 1. The Kier molecular flexibility index (Phi) is 16.7. The van der Waals surface area contributed by atoms with Gasteiger partial charge in [-0.05, 0) is 37.0 Å². The Balaban J connectivity index is 5.55. The van der Waals surface area contributed by atoms with Crippen LogP contribution in [0.1, 0.15) is 54.4 Å². The fourth-order valence-corrected chi connectivity index (χ4v) is 3.48. The summed E-state index contributed by atoms with van der Waals surface area (Å²) in [6, 6.07) is -2.22. The number of primary amides is 1. The molecule has 0 bridgehead atoms. The zero-order valence-corrected chi connectivity index (χ0v) is 24.8. The third-order valence-corrected chi connectivity index (χ3v) is 6.38. The number of hydrogen-bond donors (Lipinski definition) is 6. The van der Waals surface area contributed by atoms with Crippen molar-refractivity contribution in [2.45, 2.75) is 72.6 Å². The number of nitrogens with two attached hydrogens (primary N) is 2. The smallest absolute Gasteiger partial charge is 0.309 e. The predicted octanol–water partition coefficient (Wildman–Crippen LogP) is 1.10. The third kappa shape index (κ3) is 11.9. The Labute approximate surface area is 236 Å². The fourth-order valence-electron chi connectivity index (χ4n) is 3.08. The quantitative estimate of drug-likeness (QED) is 0.0305. The van der Waals surface area contributed by atoms with E-state index in [-0.39, 0.29) is 35.6 Å². The molecule has 0 spiro atoms. The van der Waals surface area contributed by atoms with Crippen LogP contribution in [0, 0.1) is 17.8 Å². The van der Waals surface area contributed by atoms with Gasteiger partial charge in [0.15, 0.2) is 0 Å². The van der Waals surface area contributed by atoms with E-state index in [4.69, 9.17) is 16.3 Å². The van der Waals surface area contributed by atoms with Gasteiger partial charge in [-0.15, -0.1) is 0 Å². The summed E-state index contributed by atoms with van der Waals surface area (Å²) in [6.07, 6.45) is 4.27. The number of allylic oxidation sites excluding steroid dienone is 2. The van der Waals surface area contributed by atoms with Crippen LogP contribution >= 0.6 is 25.3 Å². The molecule has 216 valence electrons. The molecule has 38 heavy (non-hydrogen) atoms. The van der Waals surface area contributed by atoms with Gasteiger partial charge in [0.2, 0.25) is 11.8 Å². The first-order valence-electron chi connectivity index (χ1n) is 12.4. The lowest BCUT2D eigenvalue weighted by molar-refractivity contribution is -0.153. The Morgan fingerprint density at radius 1 is 1.00 bits per heavy atom. The van der Waals surface area contributed by atoms with Crippen LogP contribution in [0.4, 0.5) is 0 Å². The summed E-state index contributed by atoms with van der Waals surface area (Å²) >= 11 is 8.26. The van der Waals surface area contributed by atoms with E-state index in [0.717, 1.165) is 0 Å². The maximum absolute atomic E-state index is 13.0. The first kappa shape index (κ1) is 35.5. The molecule has 0 radical (unpaired) electrons. The van der Waals surface area contributed by atoms with Crippen LogP contribution in [0.25, 0.3) is 0 Å². The summed E-state index contributed by atoms with van der Waals surface area (Å²) < 4.78 is 5.56. The van der Waals surface area contributed by atoms with Crippen LogP contribution < -0.4 is 22.2 Å². The minimum Gasteiger partial charge on any atom is -0.457 e. The molecule has 0 rings (SSSR count). The number of esters is 1. The molecule has 0 aromatic rings. The summed E-state index contributed by atoms with van der Waals surface area (Å²) in [4.78, 5) is 62.7. The van der Waals surface area contributed by atoms with Crippen molar-refractivity contribution in [2.24, 2.45) is 29.3 Å². The lowest BCUT2D eigenvalue weighted by atomic mass is 9.98. The fraction of sp³-hybridized carbons (Fsp3) is 0.640. The molecule has 0 saturated carbocycles. The minimum absolute atomic E-state index is 0.0613. The molecule has 0 heterocycles. The lowest BCUT2D eigenvalue weighted by Crippen LogP contribution is -2.58. The van der Waals surface area contributed by atoms with E-state index in [0.29, 0.717) is 17.2 Å². The number of nitrogens with zero attached hydrogens (tertiary/aromatic N) is 1. The molecule has 4 atom stereocenters. The second-order valence-electron chi connectivity index (χ2n) is 9.43. The first-order valence-corrected chi connectivity index (χ1v) is 13.7. The van der Waals surface area contributed by atoms with Crippen molar-refractivity contribution in [1.82, 2.24) is 15.6 Å². The summed E-state index contributed by atoms with van der Waals surface area (Å²) in [7, 11) is 0. The van der Waals surface area contributed by atoms with Crippen molar-refractivity contribution < 1.29 is 28.7 Å². The van der Waals surface area contributed by atoms with E-state index < -0.39 is 47.8 Å². The number of rotatable bonds is 16. The van der Waals surface area contributed by atoms with Gasteiger partial charge in [-0.25, -0.2) is 10.9 Å². The van der Waals surface area contributed by atoms with Gasteiger partial charge in [-0.1, -0.05) is 46.8 Å². The Hall–Kier alpha value is -2.51. The van der Waals surface area contributed by atoms with E-state index in [2.05, 4.69) is 35.9 Å². The highest BCUT2D eigenvalue weighted by Gasteiger charge is 2.32. The van der Waals surface area contributed by atoms with E-state index in [9.17, 15) is 24.0 Å². The molecule has 13 heteroatoms. The van der Waals surface area contributed by atoms with Crippen molar-refractivity contribution in [3.05, 3.63) is 23.9 Å². The van der Waals surface area contributed by atoms with Gasteiger partial charge in [0, 0.05) is 5.75 Å². The summed E-state index contributed by atoms with van der Waals surface area (Å²) in [5, 5.41) is 5.73. The molecular formula is C25H43N5O6S2. The maximum Gasteiger partial charge on any atom is 0.309 e. The van der Waals surface area contributed by atoms with Gasteiger partial charge < -0.3 is 21.1 Å². The monoisotopic (exact) mass is 573 g/mol. The molecule has 0 aromatic heterocycles. The molecule has 0 aliphatic carbocycles. The number of nitrogens with one attached hydrogen (secondary N) is 2. The first-order chi connectivity index (χ1) is 17.7. The average molecular weight is 574 g/mol. The standard InChI is InChI=1S/C25H43N5O6S2/c1-7-19(22(26)32)30(27)24(34)18(13-38)28-23(33)21(15(4)5)29-20(31)12-17(10-8-9-11-37)36-25(35)16(6)14(2)3/h7-8,10,14-18,21,37-38H,9,11-13,27H2,1-6H3,(H2,26,32)(H,28,33)(H,29,31)/b10-8+,19-7-/t16-,17+,18?,21+/m0/s1. The number of carbonyl (C=O) groups is 5. The molecule has 0 aliphatic rings. The zero-order chi connectivity index (χ0) is 29.6. The molecule has 1 unspecified atom stereocenters. The highest BCUT2D eigenvalue weighted by Crippen LogP contribution is 2.15. The SMILES string of the molecule is C/C=C(/C(N)=O)N(N)C(=O)C(CS)NC(=O)[C@H](NC(=O)C[C@@H](/C=C/CCS)OC(=O)[C@@H](C)C(C)C)C(C)C. The van der Waals surface area contributed by atoms with E-state index in [1.165, 1.54) is 13.0 Å². The average Bonchev–Trinajstić information content (AvgIpc) is 2.84. The summed E-state index contributed by atoms with van der Waals surface area (Å²) in [5.41, 5.74) is 4.99. The van der Waals surface area contributed by atoms with E-state index in [1.54, 1.807) is 32.9 Å². The van der Waals surface area contributed by atoms with Crippen molar-refractivity contribution in [1.29, 1.82) is 0 Å². The van der Waals surface area contributed by atoms with Crippen molar-refractivity contribution in [3.8, 4) is 0 Å². The van der Waals surface area contributed by atoms with Crippen LogP contribution in [0.2, 0.25) is 0 Å². The molecule has 4 amide bonds. The van der Waals surface area contributed by atoms with Gasteiger partial charge in [0.05, 0.1) is 12.3 Å². The summed E-state index contributed by atoms with van der Waals surface area (Å²) in [6.45, 7) is 10.5. The zero-order valence-electron chi connectivity index (χ0n) is 23.0. The van der Waals surface area contributed by atoms with Crippen LogP contribution in [0.3, 0.4) is 0 Å². The summed E-state index contributed by atoms with van der Waals surface area (Å²) in [5.74, 6) is 2.20. The van der Waals surface area contributed by atoms with Gasteiger partial charge in [-0.2, -0.15) is 25.3 Å². The Morgan fingerprint density at radius 3 is 2.05 bits per heavy atom. The number of hydrazine groups is 1. The van der Waals surface area contributed by atoms with E-state index >= 15 is 0 Å². The molecule has 0 saturated heterocycles.